The molecule has 7 aromatic carbocycles. The van der Waals surface area contributed by atoms with Crippen molar-refractivity contribution >= 4 is 38.9 Å². The van der Waals surface area contributed by atoms with E-state index in [1.54, 1.807) is 0 Å². The Morgan fingerprint density at radius 2 is 1.19 bits per heavy atom. The second-order valence-electron chi connectivity index (χ2n) is 13.9. The van der Waals surface area contributed by atoms with Crippen LogP contribution < -0.4 is 9.64 Å². The molecular weight excluding hydrogens is 657 g/mol. The zero-order valence-electron chi connectivity index (χ0n) is 30.5. The van der Waals surface area contributed by atoms with E-state index < -0.39 is 5.41 Å². The molecule has 0 amide bonds. The van der Waals surface area contributed by atoms with E-state index in [1.165, 1.54) is 55.3 Å². The topological polar surface area (TPSA) is 17.4 Å². The van der Waals surface area contributed by atoms with Gasteiger partial charge < -0.3 is 14.2 Å². The third kappa shape index (κ3) is 4.55. The Morgan fingerprint density at radius 3 is 2.02 bits per heavy atom. The predicted molar refractivity (Wildman–Crippen MR) is 225 cm³/mol. The fraction of sp³-hybridized carbons (Fsp3) is 0.0980. The van der Waals surface area contributed by atoms with Crippen molar-refractivity contribution < 1.29 is 4.74 Å². The molecular formula is C51H40N2O. The fourth-order valence-electron chi connectivity index (χ4n) is 9.18. The van der Waals surface area contributed by atoms with Gasteiger partial charge in [-0.05, 0) is 71.1 Å². The highest BCUT2D eigenvalue weighted by atomic mass is 16.5. The van der Waals surface area contributed by atoms with Gasteiger partial charge >= 0.3 is 0 Å². The van der Waals surface area contributed by atoms with Gasteiger partial charge in [-0.3, -0.25) is 0 Å². The number of anilines is 3. The summed E-state index contributed by atoms with van der Waals surface area (Å²) in [5.74, 6) is 1.95. The first kappa shape index (κ1) is 32.1. The summed E-state index contributed by atoms with van der Waals surface area (Å²) in [6.07, 6.45) is 6.47. The molecule has 260 valence electrons. The number of aromatic nitrogens is 1. The number of hydrogen-bond acceptors (Lipinski definition) is 2. The van der Waals surface area contributed by atoms with Crippen molar-refractivity contribution in [2.45, 2.75) is 32.1 Å². The first-order chi connectivity index (χ1) is 26.8. The van der Waals surface area contributed by atoms with Crippen molar-refractivity contribution in [3.8, 4) is 22.6 Å². The van der Waals surface area contributed by atoms with Crippen LogP contribution >= 0.6 is 0 Å². The molecule has 0 saturated carbocycles. The van der Waals surface area contributed by atoms with Crippen molar-refractivity contribution in [3.63, 3.8) is 0 Å². The average Bonchev–Trinajstić information content (AvgIpc) is 3.59. The standard InChI is InChI=1S/C49H34N2O.C2H6/c1-3-15-33(16-4-1)34-29-31-36(32-30-34)50(35-17-5-2-6-18-35)45-27-14-24-42-48(45)52-46-28-12-9-22-40(46)49(42)39-21-8-11-26-44(39)51-43-25-10-7-19-37(43)38-20-13-23-41(49)47(38)51;1-2/h1-11,13-27,29-32H,12,28H2;1-2H3. The molecule has 3 nitrogen and oxygen atoms in total. The Bertz CT molecular complexity index is 2760. The SMILES string of the molecule is C1=CC2=C(CC1)Oc1c(N(c3ccccc3)c3ccc(-c4ccccc4)cc3)cccc1C21c2ccccc2-n2c3ccccc3c3cccc1c32.CC. The zero-order valence-corrected chi connectivity index (χ0v) is 30.5. The molecule has 1 spiro atoms. The van der Waals surface area contributed by atoms with Gasteiger partial charge in [0.15, 0.2) is 5.75 Å². The molecule has 3 aliphatic rings. The second-order valence-corrected chi connectivity index (χ2v) is 13.9. The van der Waals surface area contributed by atoms with Crippen LogP contribution in [0.1, 0.15) is 43.4 Å². The number of fused-ring (bicyclic) bond motifs is 10. The summed E-state index contributed by atoms with van der Waals surface area (Å²) in [6.45, 7) is 4.00. The van der Waals surface area contributed by atoms with Crippen LogP contribution in [0.25, 0.3) is 38.6 Å². The van der Waals surface area contributed by atoms with Gasteiger partial charge in [-0.15, -0.1) is 0 Å². The molecule has 3 heterocycles. The summed E-state index contributed by atoms with van der Waals surface area (Å²) in [5, 5.41) is 2.55. The van der Waals surface area contributed by atoms with Crippen LogP contribution in [-0.4, -0.2) is 4.57 Å². The smallest absolute Gasteiger partial charge is 0.155 e. The van der Waals surface area contributed by atoms with Crippen LogP contribution in [0.2, 0.25) is 0 Å². The first-order valence-corrected chi connectivity index (χ1v) is 19.2. The van der Waals surface area contributed by atoms with E-state index in [-0.39, 0.29) is 0 Å². The maximum absolute atomic E-state index is 7.25. The number of hydrogen-bond donors (Lipinski definition) is 0. The number of allylic oxidation sites excluding steroid dienone is 4. The fourth-order valence-corrected chi connectivity index (χ4v) is 9.18. The van der Waals surface area contributed by atoms with E-state index in [4.69, 9.17) is 4.74 Å². The lowest BCUT2D eigenvalue weighted by Gasteiger charge is -2.47. The maximum atomic E-state index is 7.25. The van der Waals surface area contributed by atoms with Crippen LogP contribution in [0.15, 0.2) is 193 Å². The summed E-state index contributed by atoms with van der Waals surface area (Å²) in [4.78, 5) is 2.36. The monoisotopic (exact) mass is 696 g/mol. The Balaban J connectivity index is 0.00000178. The molecule has 2 aliphatic heterocycles. The van der Waals surface area contributed by atoms with Gasteiger partial charge in [0, 0.05) is 39.7 Å². The van der Waals surface area contributed by atoms with Gasteiger partial charge in [-0.25, -0.2) is 0 Å². The summed E-state index contributed by atoms with van der Waals surface area (Å²) < 4.78 is 9.75. The number of benzene rings is 7. The van der Waals surface area contributed by atoms with Gasteiger partial charge in [-0.2, -0.15) is 0 Å². The quantitative estimate of drug-likeness (QED) is 0.182. The third-order valence-corrected chi connectivity index (χ3v) is 11.3. The molecule has 0 N–H and O–H groups in total. The molecule has 54 heavy (non-hydrogen) atoms. The molecule has 0 fully saturated rings. The van der Waals surface area contributed by atoms with Gasteiger partial charge in [0.25, 0.3) is 0 Å². The van der Waals surface area contributed by atoms with Crippen LogP contribution in [-0.2, 0) is 5.41 Å². The minimum Gasteiger partial charge on any atom is -0.459 e. The summed E-state index contributed by atoms with van der Waals surface area (Å²) in [5.41, 5.74) is 13.7. The van der Waals surface area contributed by atoms with E-state index in [0.717, 1.165) is 47.0 Å². The number of para-hydroxylation sites is 5. The van der Waals surface area contributed by atoms with Crippen LogP contribution in [0.4, 0.5) is 17.1 Å². The normalized spacial score (nSPS) is 16.3. The third-order valence-electron chi connectivity index (χ3n) is 11.3. The van der Waals surface area contributed by atoms with E-state index in [0.29, 0.717) is 0 Å². The highest BCUT2D eigenvalue weighted by Gasteiger charge is 2.51. The Kier molecular flexibility index (Phi) is 7.62. The molecule has 0 saturated heterocycles. The maximum Gasteiger partial charge on any atom is 0.155 e. The van der Waals surface area contributed by atoms with Crippen molar-refractivity contribution in [3.05, 3.63) is 210 Å². The highest BCUT2D eigenvalue weighted by molar-refractivity contribution is 6.12. The van der Waals surface area contributed by atoms with Crippen molar-refractivity contribution in [1.29, 1.82) is 0 Å². The molecule has 0 radical (unpaired) electrons. The lowest BCUT2D eigenvalue weighted by atomic mass is 9.60. The minimum atomic E-state index is -0.587. The average molecular weight is 697 g/mol. The largest absolute Gasteiger partial charge is 0.459 e. The lowest BCUT2D eigenvalue weighted by molar-refractivity contribution is 0.363. The molecule has 1 aliphatic carbocycles. The molecule has 1 atom stereocenters. The number of nitrogens with zero attached hydrogens (tertiary/aromatic N) is 2. The number of ether oxygens (including phenoxy) is 1. The first-order valence-electron chi connectivity index (χ1n) is 19.2. The summed E-state index contributed by atoms with van der Waals surface area (Å²) >= 11 is 0. The number of rotatable bonds is 4. The highest BCUT2D eigenvalue weighted by Crippen LogP contribution is 2.61. The molecule has 1 aromatic heterocycles. The Hall–Kier alpha value is -6.58. The van der Waals surface area contributed by atoms with Gasteiger partial charge in [0.2, 0.25) is 0 Å². The summed E-state index contributed by atoms with van der Waals surface area (Å²) in [6, 6.07) is 61.7. The van der Waals surface area contributed by atoms with Gasteiger partial charge in [0.05, 0.1) is 27.8 Å². The van der Waals surface area contributed by atoms with E-state index in [2.05, 4.69) is 191 Å². The Labute approximate surface area is 316 Å². The Morgan fingerprint density at radius 1 is 0.556 bits per heavy atom. The van der Waals surface area contributed by atoms with Crippen LogP contribution in [0, 0.1) is 0 Å². The predicted octanol–water partition coefficient (Wildman–Crippen LogP) is 13.6. The van der Waals surface area contributed by atoms with Crippen molar-refractivity contribution in [2.24, 2.45) is 0 Å². The zero-order chi connectivity index (χ0) is 36.2. The van der Waals surface area contributed by atoms with E-state index in [9.17, 15) is 0 Å². The van der Waals surface area contributed by atoms with E-state index >= 15 is 0 Å². The second kappa shape index (κ2) is 12.8. The van der Waals surface area contributed by atoms with Gasteiger partial charge in [0.1, 0.15) is 5.76 Å². The molecule has 0 bridgehead atoms. The molecule has 11 rings (SSSR count). The molecule has 3 heteroatoms. The van der Waals surface area contributed by atoms with Crippen molar-refractivity contribution in [1.82, 2.24) is 4.57 Å². The van der Waals surface area contributed by atoms with Crippen LogP contribution in [0.5, 0.6) is 5.75 Å². The summed E-state index contributed by atoms with van der Waals surface area (Å²) in [7, 11) is 0. The minimum absolute atomic E-state index is 0.587. The van der Waals surface area contributed by atoms with Crippen molar-refractivity contribution in [2.75, 3.05) is 4.90 Å². The van der Waals surface area contributed by atoms with Crippen LogP contribution in [0.3, 0.4) is 0 Å². The molecule has 8 aromatic rings. The molecule has 1 unspecified atom stereocenters. The lowest BCUT2D eigenvalue weighted by Crippen LogP contribution is -2.40. The van der Waals surface area contributed by atoms with Gasteiger partial charge in [-0.1, -0.05) is 153 Å². The van der Waals surface area contributed by atoms with E-state index in [1.807, 2.05) is 13.8 Å².